The highest BCUT2D eigenvalue weighted by molar-refractivity contribution is 5.94. The van der Waals surface area contributed by atoms with E-state index in [1.165, 1.54) is 0 Å². The van der Waals surface area contributed by atoms with Gasteiger partial charge in [-0.25, -0.2) is 0 Å². The maximum Gasteiger partial charge on any atom is 0.233 e. The van der Waals surface area contributed by atoms with Gasteiger partial charge in [0, 0.05) is 11.1 Å². The average molecular weight is 406 g/mol. The van der Waals surface area contributed by atoms with Crippen molar-refractivity contribution in [3.63, 3.8) is 0 Å². The molecule has 1 unspecified atom stereocenters. The van der Waals surface area contributed by atoms with Gasteiger partial charge in [0.05, 0.1) is 13.2 Å². The summed E-state index contributed by atoms with van der Waals surface area (Å²) in [5.41, 5.74) is 3.21. The van der Waals surface area contributed by atoms with Crippen LogP contribution in [0.2, 0.25) is 0 Å². The SMILES string of the molecule is OC1(C=C(c2ccccc2)c2ccccc2)c2cccc3cccc(c23)C12OCCO2. The lowest BCUT2D eigenvalue weighted by Crippen LogP contribution is -2.46. The van der Waals surface area contributed by atoms with Crippen LogP contribution < -0.4 is 0 Å². The number of benzene rings is 4. The van der Waals surface area contributed by atoms with Gasteiger partial charge in [-0.15, -0.1) is 0 Å². The van der Waals surface area contributed by atoms with Crippen LogP contribution in [0.15, 0.2) is 103 Å². The highest BCUT2D eigenvalue weighted by Gasteiger charge is 2.62. The third kappa shape index (κ3) is 2.58. The van der Waals surface area contributed by atoms with E-state index in [1.807, 2.05) is 66.7 Å². The molecule has 4 aromatic rings. The van der Waals surface area contributed by atoms with Gasteiger partial charge in [-0.1, -0.05) is 97.1 Å². The Morgan fingerprint density at radius 3 is 1.81 bits per heavy atom. The topological polar surface area (TPSA) is 38.7 Å². The van der Waals surface area contributed by atoms with Crippen molar-refractivity contribution in [1.29, 1.82) is 0 Å². The number of hydrogen-bond acceptors (Lipinski definition) is 3. The Morgan fingerprint density at radius 2 is 1.23 bits per heavy atom. The van der Waals surface area contributed by atoms with Crippen LogP contribution >= 0.6 is 0 Å². The zero-order chi connectivity index (χ0) is 20.9. The van der Waals surface area contributed by atoms with Gasteiger partial charge < -0.3 is 14.6 Å². The summed E-state index contributed by atoms with van der Waals surface area (Å²) in [5, 5.41) is 14.5. The van der Waals surface area contributed by atoms with Gasteiger partial charge in [-0.3, -0.25) is 0 Å². The minimum atomic E-state index is -1.48. The van der Waals surface area contributed by atoms with Crippen LogP contribution in [-0.4, -0.2) is 18.3 Å². The van der Waals surface area contributed by atoms with Gasteiger partial charge in [0.15, 0.2) is 5.60 Å². The fourth-order valence-corrected chi connectivity index (χ4v) is 5.05. The van der Waals surface area contributed by atoms with E-state index in [1.54, 1.807) is 0 Å². The highest BCUT2D eigenvalue weighted by atomic mass is 16.7. The summed E-state index contributed by atoms with van der Waals surface area (Å²) in [6.07, 6.45) is 1.93. The molecule has 1 N–H and O–H groups in total. The molecule has 3 nitrogen and oxygen atoms in total. The van der Waals surface area contributed by atoms with Gasteiger partial charge in [0.25, 0.3) is 0 Å². The summed E-state index contributed by atoms with van der Waals surface area (Å²) in [4.78, 5) is 0. The minimum absolute atomic E-state index is 0.437. The molecule has 2 aliphatic rings. The Bertz CT molecular complexity index is 1240. The summed E-state index contributed by atoms with van der Waals surface area (Å²) in [7, 11) is 0. The smallest absolute Gasteiger partial charge is 0.233 e. The lowest BCUT2D eigenvalue weighted by atomic mass is 9.84. The zero-order valence-electron chi connectivity index (χ0n) is 17.0. The average Bonchev–Trinajstić information content (AvgIpc) is 3.41. The Hall–Kier alpha value is -3.24. The fourth-order valence-electron chi connectivity index (χ4n) is 5.05. The molecule has 1 saturated heterocycles. The Balaban J connectivity index is 1.67. The molecule has 6 rings (SSSR count). The zero-order valence-corrected chi connectivity index (χ0v) is 17.0. The van der Waals surface area contributed by atoms with E-state index in [9.17, 15) is 5.11 Å². The van der Waals surface area contributed by atoms with Crippen molar-refractivity contribution < 1.29 is 14.6 Å². The van der Waals surface area contributed by atoms with Crippen molar-refractivity contribution in [2.75, 3.05) is 13.2 Å². The maximum atomic E-state index is 12.4. The Kier molecular flexibility index (Phi) is 4.12. The lowest BCUT2D eigenvalue weighted by Gasteiger charge is -2.37. The molecule has 1 heterocycles. The van der Waals surface area contributed by atoms with Crippen LogP contribution in [0.4, 0.5) is 0 Å². The van der Waals surface area contributed by atoms with Crippen LogP contribution in [0, 0.1) is 0 Å². The van der Waals surface area contributed by atoms with Crippen LogP contribution in [0.1, 0.15) is 22.3 Å². The molecule has 1 atom stereocenters. The molecule has 3 heteroatoms. The highest BCUT2D eigenvalue weighted by Crippen LogP contribution is 2.57. The maximum absolute atomic E-state index is 12.4. The number of rotatable bonds is 3. The first-order chi connectivity index (χ1) is 15.2. The second kappa shape index (κ2) is 6.89. The molecule has 1 aliphatic heterocycles. The van der Waals surface area contributed by atoms with Crippen LogP contribution in [-0.2, 0) is 20.9 Å². The van der Waals surface area contributed by atoms with Crippen molar-refractivity contribution in [3.8, 4) is 0 Å². The van der Waals surface area contributed by atoms with Crippen molar-refractivity contribution in [1.82, 2.24) is 0 Å². The molecule has 152 valence electrons. The van der Waals surface area contributed by atoms with Gasteiger partial charge in [0.1, 0.15) is 0 Å². The molecule has 4 aromatic carbocycles. The van der Waals surface area contributed by atoms with E-state index in [-0.39, 0.29) is 0 Å². The second-order valence-corrected chi connectivity index (χ2v) is 8.08. The molecule has 0 saturated carbocycles. The molecule has 0 amide bonds. The molecule has 1 spiro atoms. The molecule has 1 fully saturated rings. The van der Waals surface area contributed by atoms with Gasteiger partial charge in [-0.05, 0) is 33.5 Å². The van der Waals surface area contributed by atoms with E-state index in [4.69, 9.17) is 9.47 Å². The van der Waals surface area contributed by atoms with E-state index in [2.05, 4.69) is 36.4 Å². The Morgan fingerprint density at radius 1 is 0.677 bits per heavy atom. The molecule has 1 aliphatic carbocycles. The predicted molar refractivity (Wildman–Crippen MR) is 121 cm³/mol. The molecule has 0 bridgehead atoms. The predicted octanol–water partition coefficient (Wildman–Crippen LogP) is 5.37. The summed E-state index contributed by atoms with van der Waals surface area (Å²) >= 11 is 0. The first kappa shape index (κ1) is 18.5. The van der Waals surface area contributed by atoms with Crippen molar-refractivity contribution in [2.45, 2.75) is 11.4 Å². The van der Waals surface area contributed by atoms with Crippen LogP contribution in [0.3, 0.4) is 0 Å². The summed E-state index contributed by atoms with van der Waals surface area (Å²) in [6, 6.07) is 32.4. The molecular weight excluding hydrogens is 384 g/mol. The van der Waals surface area contributed by atoms with Crippen LogP contribution in [0.5, 0.6) is 0 Å². The summed E-state index contributed by atoms with van der Waals surface area (Å²) < 4.78 is 12.5. The standard InChI is InChI=1S/C28H22O3/c29-27(19-23(20-9-3-1-4-10-20)21-11-5-2-6-12-21)24-15-7-13-22-14-8-16-25(26(22)24)28(27)30-17-18-31-28/h1-16,19,29H,17-18H2. The summed E-state index contributed by atoms with van der Waals surface area (Å²) in [6.45, 7) is 0.874. The van der Waals surface area contributed by atoms with E-state index >= 15 is 0 Å². The molecule has 0 aromatic heterocycles. The largest absolute Gasteiger partial charge is 0.375 e. The van der Waals surface area contributed by atoms with Gasteiger partial charge in [0.2, 0.25) is 5.79 Å². The fraction of sp³-hybridized carbons (Fsp3) is 0.143. The number of aliphatic hydroxyl groups is 1. The van der Waals surface area contributed by atoms with Crippen molar-refractivity contribution >= 4 is 16.3 Å². The van der Waals surface area contributed by atoms with Crippen molar-refractivity contribution in [2.24, 2.45) is 0 Å². The molecular formula is C28H22O3. The first-order valence-electron chi connectivity index (χ1n) is 10.6. The monoisotopic (exact) mass is 406 g/mol. The Labute approximate surface area is 181 Å². The number of ether oxygens (including phenoxy) is 2. The van der Waals surface area contributed by atoms with Gasteiger partial charge >= 0.3 is 0 Å². The quantitative estimate of drug-likeness (QED) is 0.497. The normalized spacial score (nSPS) is 20.9. The third-order valence-electron chi connectivity index (χ3n) is 6.39. The van der Waals surface area contributed by atoms with Crippen molar-refractivity contribution in [3.05, 3.63) is 125 Å². The minimum Gasteiger partial charge on any atom is -0.375 e. The third-order valence-corrected chi connectivity index (χ3v) is 6.39. The van der Waals surface area contributed by atoms with E-state index < -0.39 is 11.4 Å². The van der Waals surface area contributed by atoms with Crippen LogP contribution in [0.25, 0.3) is 16.3 Å². The second-order valence-electron chi connectivity index (χ2n) is 8.08. The first-order valence-corrected chi connectivity index (χ1v) is 10.6. The number of hydrogen-bond donors (Lipinski definition) is 1. The number of fused-ring (bicyclic) bond motifs is 1. The molecule has 0 radical (unpaired) electrons. The van der Waals surface area contributed by atoms with E-state index in [0.717, 1.165) is 38.6 Å². The summed E-state index contributed by atoms with van der Waals surface area (Å²) in [5.74, 6) is -1.26. The van der Waals surface area contributed by atoms with E-state index in [0.29, 0.717) is 13.2 Å². The van der Waals surface area contributed by atoms with Gasteiger partial charge in [-0.2, -0.15) is 0 Å². The molecule has 31 heavy (non-hydrogen) atoms. The lowest BCUT2D eigenvalue weighted by molar-refractivity contribution is -0.260.